The van der Waals surface area contributed by atoms with Gasteiger partial charge in [-0.25, -0.2) is 0 Å². The highest BCUT2D eigenvalue weighted by Gasteiger charge is 2.16. The van der Waals surface area contributed by atoms with Crippen molar-refractivity contribution in [1.29, 1.82) is 0 Å². The molecule has 1 saturated heterocycles. The van der Waals surface area contributed by atoms with Gasteiger partial charge in [0.2, 0.25) is 0 Å². The standard InChI is InChI=1S/C20H28N2O2/c1-2-15-24-20-8-7-17(16-5-3-4-6-18(16)20)19(23)9-12-22-13-10-21-11-14-22/h3-8,19,21,23H,2,9-15H2,1H3. The third-order valence-corrected chi connectivity index (χ3v) is 4.67. The first-order valence-corrected chi connectivity index (χ1v) is 9.05. The second kappa shape index (κ2) is 8.47. The fourth-order valence-electron chi connectivity index (χ4n) is 3.32. The van der Waals surface area contributed by atoms with E-state index in [1.54, 1.807) is 0 Å². The lowest BCUT2D eigenvalue weighted by Crippen LogP contribution is -2.44. The summed E-state index contributed by atoms with van der Waals surface area (Å²) in [7, 11) is 0. The Morgan fingerprint density at radius 2 is 1.88 bits per heavy atom. The zero-order valence-corrected chi connectivity index (χ0v) is 14.5. The number of nitrogens with zero attached hydrogens (tertiary/aromatic N) is 1. The fourth-order valence-corrected chi connectivity index (χ4v) is 3.32. The van der Waals surface area contributed by atoms with Gasteiger partial charge in [-0.15, -0.1) is 0 Å². The Labute approximate surface area is 144 Å². The summed E-state index contributed by atoms with van der Waals surface area (Å²) in [4.78, 5) is 2.42. The lowest BCUT2D eigenvalue weighted by molar-refractivity contribution is 0.138. The average Bonchev–Trinajstić information content (AvgIpc) is 2.65. The van der Waals surface area contributed by atoms with Gasteiger partial charge < -0.3 is 20.1 Å². The van der Waals surface area contributed by atoms with Crippen molar-refractivity contribution < 1.29 is 9.84 Å². The summed E-state index contributed by atoms with van der Waals surface area (Å²) in [5.74, 6) is 0.908. The van der Waals surface area contributed by atoms with Gasteiger partial charge in [-0.3, -0.25) is 0 Å². The second-order valence-electron chi connectivity index (χ2n) is 6.44. The smallest absolute Gasteiger partial charge is 0.127 e. The predicted octanol–water partition coefficient (Wildman–Crippen LogP) is 2.96. The fraction of sp³-hybridized carbons (Fsp3) is 0.500. The van der Waals surface area contributed by atoms with Crippen LogP contribution in [0, 0.1) is 0 Å². The Balaban J connectivity index is 1.75. The molecule has 1 unspecified atom stereocenters. The number of rotatable bonds is 7. The Bertz CT molecular complexity index is 653. The molecule has 2 aromatic carbocycles. The maximum Gasteiger partial charge on any atom is 0.127 e. The molecule has 1 aliphatic heterocycles. The summed E-state index contributed by atoms with van der Waals surface area (Å²) in [6, 6.07) is 12.2. The van der Waals surface area contributed by atoms with Crippen LogP contribution in [0.1, 0.15) is 31.4 Å². The molecule has 4 heteroatoms. The molecule has 2 N–H and O–H groups in total. The summed E-state index contributed by atoms with van der Waals surface area (Å²) in [6.07, 6.45) is 1.31. The average molecular weight is 328 g/mol. The third-order valence-electron chi connectivity index (χ3n) is 4.67. The SMILES string of the molecule is CCCOc1ccc(C(O)CCN2CCNCC2)c2ccccc12. The molecule has 1 fully saturated rings. The van der Waals surface area contributed by atoms with Gasteiger partial charge >= 0.3 is 0 Å². The molecule has 0 aliphatic carbocycles. The van der Waals surface area contributed by atoms with Crippen molar-refractivity contribution in [3.05, 3.63) is 42.0 Å². The molecule has 130 valence electrons. The predicted molar refractivity (Wildman–Crippen MR) is 98.6 cm³/mol. The minimum atomic E-state index is -0.440. The van der Waals surface area contributed by atoms with E-state index in [4.69, 9.17) is 4.74 Å². The molecule has 0 saturated carbocycles. The first-order valence-electron chi connectivity index (χ1n) is 9.05. The molecule has 1 aliphatic rings. The number of aliphatic hydroxyl groups excluding tert-OH is 1. The summed E-state index contributed by atoms with van der Waals surface area (Å²) in [5.41, 5.74) is 1.00. The number of ether oxygens (including phenoxy) is 1. The van der Waals surface area contributed by atoms with E-state index in [0.717, 1.165) is 74.3 Å². The van der Waals surface area contributed by atoms with Crippen LogP contribution in [0.25, 0.3) is 10.8 Å². The largest absolute Gasteiger partial charge is 0.493 e. The van der Waals surface area contributed by atoms with E-state index in [1.165, 1.54) is 0 Å². The quantitative estimate of drug-likeness (QED) is 0.820. The number of fused-ring (bicyclic) bond motifs is 1. The van der Waals surface area contributed by atoms with Crippen molar-refractivity contribution in [2.45, 2.75) is 25.9 Å². The number of aliphatic hydroxyl groups is 1. The highest BCUT2D eigenvalue weighted by Crippen LogP contribution is 2.33. The third kappa shape index (κ3) is 4.07. The molecule has 3 rings (SSSR count). The zero-order valence-electron chi connectivity index (χ0n) is 14.5. The van der Waals surface area contributed by atoms with Gasteiger partial charge in [0.25, 0.3) is 0 Å². The lowest BCUT2D eigenvalue weighted by atomic mass is 9.98. The van der Waals surface area contributed by atoms with Crippen molar-refractivity contribution >= 4 is 10.8 Å². The Hall–Kier alpha value is -1.62. The van der Waals surface area contributed by atoms with Crippen molar-refractivity contribution in [2.24, 2.45) is 0 Å². The van der Waals surface area contributed by atoms with Crippen LogP contribution >= 0.6 is 0 Å². The molecule has 0 bridgehead atoms. The van der Waals surface area contributed by atoms with Gasteiger partial charge in [-0.2, -0.15) is 0 Å². The second-order valence-corrected chi connectivity index (χ2v) is 6.44. The maximum absolute atomic E-state index is 10.7. The molecule has 0 radical (unpaired) electrons. The van der Waals surface area contributed by atoms with E-state index in [9.17, 15) is 5.11 Å². The molecule has 0 amide bonds. The molecule has 4 nitrogen and oxygen atoms in total. The van der Waals surface area contributed by atoms with Crippen LogP contribution in [0.2, 0.25) is 0 Å². The van der Waals surface area contributed by atoms with E-state index < -0.39 is 6.10 Å². The molecule has 24 heavy (non-hydrogen) atoms. The number of benzene rings is 2. The van der Waals surface area contributed by atoms with Crippen LogP contribution in [0.4, 0.5) is 0 Å². The highest BCUT2D eigenvalue weighted by molar-refractivity contribution is 5.91. The zero-order chi connectivity index (χ0) is 16.8. The highest BCUT2D eigenvalue weighted by atomic mass is 16.5. The van der Waals surface area contributed by atoms with Gasteiger partial charge in [-0.1, -0.05) is 37.3 Å². The molecule has 0 spiro atoms. The van der Waals surface area contributed by atoms with Crippen LogP contribution < -0.4 is 10.1 Å². The normalized spacial score (nSPS) is 17.1. The van der Waals surface area contributed by atoms with Gasteiger partial charge in [0.1, 0.15) is 5.75 Å². The van der Waals surface area contributed by atoms with Gasteiger partial charge in [-0.05, 0) is 29.9 Å². The summed E-state index contributed by atoms with van der Waals surface area (Å²) >= 11 is 0. The molecular formula is C20H28N2O2. The van der Waals surface area contributed by atoms with E-state index in [0.29, 0.717) is 0 Å². The first-order chi connectivity index (χ1) is 11.8. The van der Waals surface area contributed by atoms with Crippen LogP contribution in [-0.2, 0) is 0 Å². The molecule has 2 aromatic rings. The van der Waals surface area contributed by atoms with Crippen molar-refractivity contribution in [2.75, 3.05) is 39.3 Å². The molecule has 1 atom stereocenters. The summed E-state index contributed by atoms with van der Waals surface area (Å²) in [5, 5.41) is 16.3. The van der Waals surface area contributed by atoms with E-state index in [2.05, 4.69) is 29.3 Å². The monoisotopic (exact) mass is 328 g/mol. The number of hydrogen-bond donors (Lipinski definition) is 2. The maximum atomic E-state index is 10.7. The summed E-state index contributed by atoms with van der Waals surface area (Å²) in [6.45, 7) is 7.98. The summed E-state index contributed by atoms with van der Waals surface area (Å²) < 4.78 is 5.86. The van der Waals surface area contributed by atoms with Crippen molar-refractivity contribution in [3.8, 4) is 5.75 Å². The molecule has 0 aromatic heterocycles. The van der Waals surface area contributed by atoms with E-state index in [1.807, 2.05) is 24.3 Å². The van der Waals surface area contributed by atoms with Crippen LogP contribution in [0.5, 0.6) is 5.75 Å². The molecule has 1 heterocycles. The Morgan fingerprint density at radius 3 is 2.62 bits per heavy atom. The number of nitrogens with one attached hydrogen (secondary N) is 1. The first kappa shape index (κ1) is 17.2. The van der Waals surface area contributed by atoms with Crippen LogP contribution in [0.15, 0.2) is 36.4 Å². The van der Waals surface area contributed by atoms with Crippen molar-refractivity contribution in [3.63, 3.8) is 0 Å². The number of hydrogen-bond acceptors (Lipinski definition) is 4. The van der Waals surface area contributed by atoms with Crippen molar-refractivity contribution in [1.82, 2.24) is 10.2 Å². The van der Waals surface area contributed by atoms with Gasteiger partial charge in [0.05, 0.1) is 12.7 Å². The lowest BCUT2D eigenvalue weighted by Gasteiger charge is -2.28. The van der Waals surface area contributed by atoms with Crippen LogP contribution in [-0.4, -0.2) is 49.3 Å². The molecular weight excluding hydrogens is 300 g/mol. The Morgan fingerprint density at radius 1 is 1.12 bits per heavy atom. The Kier molecular flexibility index (Phi) is 6.07. The van der Waals surface area contributed by atoms with E-state index in [-0.39, 0.29) is 0 Å². The minimum Gasteiger partial charge on any atom is -0.493 e. The minimum absolute atomic E-state index is 0.440. The van der Waals surface area contributed by atoms with E-state index >= 15 is 0 Å². The van der Waals surface area contributed by atoms with Gasteiger partial charge in [0, 0.05) is 38.1 Å². The topological polar surface area (TPSA) is 44.7 Å². The van der Waals surface area contributed by atoms with Crippen LogP contribution in [0.3, 0.4) is 0 Å². The van der Waals surface area contributed by atoms with Gasteiger partial charge in [0.15, 0.2) is 0 Å². The number of piperazine rings is 1.